The van der Waals surface area contributed by atoms with E-state index in [0.29, 0.717) is 11.9 Å². The zero-order chi connectivity index (χ0) is 18.0. The molecule has 7 heteroatoms. The smallest absolute Gasteiger partial charge is 0.243 e. The lowest BCUT2D eigenvalue weighted by molar-refractivity contribution is -0.127. The molecule has 1 saturated heterocycles. The Morgan fingerprint density at radius 2 is 2.12 bits per heavy atom. The molecule has 0 aromatic heterocycles. The van der Waals surface area contributed by atoms with Crippen LogP contribution >= 0.6 is 0 Å². The van der Waals surface area contributed by atoms with Crippen molar-refractivity contribution >= 4 is 11.9 Å². The highest BCUT2D eigenvalue weighted by atomic mass is 16.5. The van der Waals surface area contributed by atoms with E-state index in [1.807, 2.05) is 0 Å². The molecular formula is C17H34N4O3. The second-order valence-corrected chi connectivity index (χ2v) is 7.32. The van der Waals surface area contributed by atoms with E-state index in [-0.39, 0.29) is 17.9 Å². The molecule has 0 saturated carbocycles. The van der Waals surface area contributed by atoms with Gasteiger partial charge in [0.05, 0.1) is 6.61 Å². The van der Waals surface area contributed by atoms with Crippen LogP contribution in [0.1, 0.15) is 26.7 Å². The number of carbonyl (C=O) groups excluding carboxylic acids is 1. The van der Waals surface area contributed by atoms with Gasteiger partial charge < -0.3 is 25.0 Å². The summed E-state index contributed by atoms with van der Waals surface area (Å²) in [6.45, 7) is 8.43. The van der Waals surface area contributed by atoms with E-state index in [1.54, 1.807) is 26.1 Å². The van der Waals surface area contributed by atoms with E-state index in [4.69, 9.17) is 9.47 Å². The van der Waals surface area contributed by atoms with Gasteiger partial charge in [0.15, 0.2) is 5.96 Å². The summed E-state index contributed by atoms with van der Waals surface area (Å²) in [7, 11) is 5.19. The van der Waals surface area contributed by atoms with Crippen LogP contribution in [-0.2, 0) is 14.3 Å². The topological polar surface area (TPSA) is 75.2 Å². The molecule has 0 aromatic carbocycles. The number of aliphatic imine (C=N–C) groups is 1. The molecule has 1 aliphatic rings. The first-order chi connectivity index (χ1) is 11.3. The lowest BCUT2D eigenvalue weighted by Gasteiger charge is -2.26. The van der Waals surface area contributed by atoms with E-state index in [2.05, 4.69) is 29.5 Å². The Labute approximate surface area is 146 Å². The predicted molar refractivity (Wildman–Crippen MR) is 96.2 cm³/mol. The number of likely N-dealkylation sites (N-methyl/N-ethyl adjacent to an activating group) is 1. The number of guanidine groups is 1. The molecule has 24 heavy (non-hydrogen) atoms. The van der Waals surface area contributed by atoms with Crippen LogP contribution in [0.2, 0.25) is 0 Å². The van der Waals surface area contributed by atoms with Crippen molar-refractivity contribution < 1.29 is 14.3 Å². The minimum atomic E-state index is -0.0149. The van der Waals surface area contributed by atoms with Crippen LogP contribution < -0.4 is 10.6 Å². The first kappa shape index (κ1) is 20.7. The van der Waals surface area contributed by atoms with E-state index in [9.17, 15) is 4.79 Å². The Morgan fingerprint density at radius 3 is 2.71 bits per heavy atom. The molecule has 1 rings (SSSR count). The summed E-state index contributed by atoms with van der Waals surface area (Å²) in [5.74, 6) is 1.17. The standard InChI is InChI=1S/C17H34N4O3/c1-17(2,7-9-23-5)13-20-16(19-11-15(22)21(3)4)18-10-14-6-8-24-12-14/h14H,6-13H2,1-5H3,(H2,18,19,20). The number of nitrogens with zero attached hydrogens (tertiary/aromatic N) is 2. The van der Waals surface area contributed by atoms with Crippen LogP contribution in [0.3, 0.4) is 0 Å². The second kappa shape index (κ2) is 10.5. The molecule has 0 aliphatic carbocycles. The van der Waals surface area contributed by atoms with Crippen molar-refractivity contribution in [1.82, 2.24) is 15.5 Å². The van der Waals surface area contributed by atoms with E-state index >= 15 is 0 Å². The molecule has 7 nitrogen and oxygen atoms in total. The van der Waals surface area contributed by atoms with Gasteiger partial charge in [-0.15, -0.1) is 0 Å². The summed E-state index contributed by atoms with van der Waals surface area (Å²) in [6.07, 6.45) is 2.02. The van der Waals surface area contributed by atoms with Gasteiger partial charge in [-0.05, 0) is 18.3 Å². The summed E-state index contributed by atoms with van der Waals surface area (Å²) >= 11 is 0. The van der Waals surface area contributed by atoms with Gasteiger partial charge in [0.25, 0.3) is 0 Å². The van der Waals surface area contributed by atoms with Gasteiger partial charge in [0.1, 0.15) is 6.54 Å². The molecule has 1 amide bonds. The normalized spacial score (nSPS) is 18.5. The largest absolute Gasteiger partial charge is 0.385 e. The van der Waals surface area contributed by atoms with Crippen molar-refractivity contribution in [3.8, 4) is 0 Å². The number of carbonyl (C=O) groups is 1. The summed E-state index contributed by atoms with van der Waals surface area (Å²) in [6, 6.07) is 0. The molecule has 0 radical (unpaired) electrons. The molecule has 2 N–H and O–H groups in total. The van der Waals surface area contributed by atoms with Crippen LogP contribution in [0, 0.1) is 11.3 Å². The molecular weight excluding hydrogens is 308 g/mol. The van der Waals surface area contributed by atoms with Crippen LogP contribution in [-0.4, -0.2) is 77.4 Å². The molecule has 1 atom stereocenters. The Bertz CT molecular complexity index is 405. The number of rotatable bonds is 9. The van der Waals surface area contributed by atoms with Gasteiger partial charge in [-0.1, -0.05) is 13.8 Å². The molecule has 1 heterocycles. The second-order valence-electron chi connectivity index (χ2n) is 7.32. The third-order valence-electron chi connectivity index (χ3n) is 4.17. The monoisotopic (exact) mass is 342 g/mol. The predicted octanol–water partition coefficient (Wildman–Crippen LogP) is 0.709. The van der Waals surface area contributed by atoms with Gasteiger partial charge >= 0.3 is 0 Å². The summed E-state index contributed by atoms with van der Waals surface area (Å²) in [4.78, 5) is 17.7. The van der Waals surface area contributed by atoms with Gasteiger partial charge in [-0.25, -0.2) is 4.99 Å². The van der Waals surface area contributed by atoms with E-state index in [1.165, 1.54) is 0 Å². The number of methoxy groups -OCH3 is 1. The molecule has 0 aromatic rings. The Balaban J connectivity index is 2.54. The van der Waals surface area contributed by atoms with Gasteiger partial charge in [-0.3, -0.25) is 4.79 Å². The Morgan fingerprint density at radius 1 is 1.38 bits per heavy atom. The third kappa shape index (κ3) is 8.49. The lowest BCUT2D eigenvalue weighted by Crippen LogP contribution is -2.44. The maximum Gasteiger partial charge on any atom is 0.243 e. The van der Waals surface area contributed by atoms with Crippen molar-refractivity contribution in [2.24, 2.45) is 16.3 Å². The average molecular weight is 342 g/mol. The summed E-state index contributed by atoms with van der Waals surface area (Å²) < 4.78 is 10.6. The Kier molecular flexibility index (Phi) is 9.07. The van der Waals surface area contributed by atoms with Gasteiger partial charge in [0.2, 0.25) is 5.91 Å². The van der Waals surface area contributed by atoms with Crippen LogP contribution in [0.15, 0.2) is 4.99 Å². The minimum Gasteiger partial charge on any atom is -0.385 e. The number of nitrogens with one attached hydrogen (secondary N) is 2. The fourth-order valence-electron chi connectivity index (χ4n) is 2.24. The molecule has 1 fully saturated rings. The van der Waals surface area contributed by atoms with Crippen molar-refractivity contribution in [1.29, 1.82) is 0 Å². The maximum atomic E-state index is 11.8. The first-order valence-electron chi connectivity index (χ1n) is 8.63. The first-order valence-corrected chi connectivity index (χ1v) is 8.63. The summed E-state index contributed by atoms with van der Waals surface area (Å²) in [5.41, 5.74) is 0.0838. The Hall–Kier alpha value is -1.34. The number of amides is 1. The fourth-order valence-corrected chi connectivity index (χ4v) is 2.24. The van der Waals surface area contributed by atoms with Crippen LogP contribution in [0.25, 0.3) is 0 Å². The van der Waals surface area contributed by atoms with Crippen LogP contribution in [0.4, 0.5) is 0 Å². The zero-order valence-corrected chi connectivity index (χ0v) is 15.9. The maximum absolute atomic E-state index is 11.8. The minimum absolute atomic E-state index is 0.0149. The van der Waals surface area contributed by atoms with Crippen molar-refractivity contribution in [3.63, 3.8) is 0 Å². The zero-order valence-electron chi connectivity index (χ0n) is 15.9. The highest BCUT2D eigenvalue weighted by Gasteiger charge is 2.19. The van der Waals surface area contributed by atoms with Crippen molar-refractivity contribution in [2.45, 2.75) is 26.7 Å². The third-order valence-corrected chi connectivity index (χ3v) is 4.17. The quantitative estimate of drug-likeness (QED) is 0.477. The SMILES string of the molecule is COCCC(C)(C)CNC(=NCC(=O)N(C)C)NCC1CCOC1. The molecule has 140 valence electrons. The highest BCUT2D eigenvalue weighted by Crippen LogP contribution is 2.18. The van der Waals surface area contributed by atoms with Gasteiger partial charge in [0, 0.05) is 53.4 Å². The molecule has 0 spiro atoms. The van der Waals surface area contributed by atoms with E-state index in [0.717, 1.165) is 45.8 Å². The summed E-state index contributed by atoms with van der Waals surface area (Å²) in [5, 5.41) is 6.70. The molecule has 1 unspecified atom stereocenters. The average Bonchev–Trinajstić information content (AvgIpc) is 3.05. The lowest BCUT2D eigenvalue weighted by atomic mass is 9.90. The number of hydrogen-bond donors (Lipinski definition) is 2. The number of hydrogen-bond acceptors (Lipinski definition) is 4. The highest BCUT2D eigenvalue weighted by molar-refractivity contribution is 5.84. The van der Waals surface area contributed by atoms with Gasteiger partial charge in [-0.2, -0.15) is 0 Å². The molecule has 1 aliphatic heterocycles. The van der Waals surface area contributed by atoms with Crippen molar-refractivity contribution in [2.75, 3.05) is 60.7 Å². The number of ether oxygens (including phenoxy) is 2. The van der Waals surface area contributed by atoms with Crippen LogP contribution in [0.5, 0.6) is 0 Å². The molecule has 0 bridgehead atoms. The van der Waals surface area contributed by atoms with Crippen molar-refractivity contribution in [3.05, 3.63) is 0 Å². The fraction of sp³-hybridized carbons (Fsp3) is 0.882. The van der Waals surface area contributed by atoms with E-state index < -0.39 is 0 Å².